The number of hydrogen-bond acceptors (Lipinski definition) is 3. The quantitative estimate of drug-likeness (QED) is 0.171. The largest absolute Gasteiger partial charge is 0.309 e. The van der Waals surface area contributed by atoms with E-state index in [1.807, 2.05) is 103 Å². The van der Waals surface area contributed by atoms with Gasteiger partial charge in [-0.15, -0.1) is 0 Å². The Balaban J connectivity index is 1.26. The van der Waals surface area contributed by atoms with Crippen LogP contribution in [0.15, 0.2) is 200 Å². The van der Waals surface area contributed by atoms with Crippen molar-refractivity contribution in [1.82, 2.24) is 24.1 Å². The fourth-order valence-electron chi connectivity index (χ4n) is 7.42. The first kappa shape index (κ1) is 20.7. The van der Waals surface area contributed by atoms with E-state index in [2.05, 4.69) is 21.7 Å². The van der Waals surface area contributed by atoms with Crippen molar-refractivity contribution in [1.29, 1.82) is 0 Å². The van der Waals surface area contributed by atoms with Crippen molar-refractivity contribution >= 4 is 43.6 Å². The van der Waals surface area contributed by atoms with Crippen LogP contribution < -0.4 is 0 Å². The predicted octanol–water partition coefficient (Wildman–Crippen LogP) is 12.7. The van der Waals surface area contributed by atoms with Crippen LogP contribution in [0.25, 0.3) is 100 Å². The maximum atomic E-state index is 9.35. The first-order chi connectivity index (χ1) is 33.6. The van der Waals surface area contributed by atoms with Gasteiger partial charge in [0.15, 0.2) is 11.6 Å². The van der Waals surface area contributed by atoms with Gasteiger partial charge in [0.2, 0.25) is 5.95 Å². The van der Waals surface area contributed by atoms with Gasteiger partial charge in [-0.3, -0.25) is 4.57 Å². The maximum absolute atomic E-state index is 9.35. The van der Waals surface area contributed by atoms with Crippen molar-refractivity contribution in [2.24, 2.45) is 0 Å². The van der Waals surface area contributed by atoms with Gasteiger partial charge in [0.1, 0.15) is 0 Å². The molecule has 8 aromatic carbocycles. The van der Waals surface area contributed by atoms with Crippen LogP contribution in [0.2, 0.25) is 0 Å². The minimum atomic E-state index is -0.761. The zero-order valence-corrected chi connectivity index (χ0v) is 29.2. The summed E-state index contributed by atoms with van der Waals surface area (Å²) in [6.45, 7) is 0. The average Bonchev–Trinajstić information content (AvgIpc) is 3.90. The summed E-state index contributed by atoms with van der Waals surface area (Å²) in [6, 6.07) is 27.8. The molecule has 5 heteroatoms. The lowest BCUT2D eigenvalue weighted by Crippen LogP contribution is -2.06. The van der Waals surface area contributed by atoms with E-state index in [0.717, 1.165) is 49.4 Å². The van der Waals surface area contributed by atoms with Gasteiger partial charge in [0.25, 0.3) is 0 Å². The molecule has 0 fully saturated rings. The highest BCUT2D eigenvalue weighted by Crippen LogP contribution is 2.42. The molecule has 11 rings (SSSR count). The van der Waals surface area contributed by atoms with E-state index in [-0.39, 0.29) is 5.95 Å². The number of para-hydroxylation sites is 2. The molecule has 0 aliphatic rings. The van der Waals surface area contributed by atoms with Crippen LogP contribution in [-0.4, -0.2) is 24.1 Å². The fourth-order valence-corrected chi connectivity index (χ4v) is 7.42. The second-order valence-corrected chi connectivity index (χ2v) is 13.0. The molecule has 0 amide bonds. The summed E-state index contributed by atoms with van der Waals surface area (Å²) in [6.07, 6.45) is 0. The molecule has 0 aliphatic heterocycles. The monoisotopic (exact) mass is 729 g/mol. The summed E-state index contributed by atoms with van der Waals surface area (Å²) in [7, 11) is 0. The summed E-state index contributed by atoms with van der Waals surface area (Å²) in [5.74, 6) is -1.04. The molecule has 0 spiro atoms. The Morgan fingerprint density at radius 3 is 1.68 bits per heavy atom. The summed E-state index contributed by atoms with van der Waals surface area (Å²) >= 11 is 0. The first-order valence-corrected chi connectivity index (χ1v) is 17.7. The third-order valence-corrected chi connectivity index (χ3v) is 9.83. The summed E-state index contributed by atoms with van der Waals surface area (Å²) in [5, 5.41) is 3.21. The normalized spacial score (nSPS) is 15.1. The lowest BCUT2D eigenvalue weighted by Gasteiger charge is -2.12. The second-order valence-electron chi connectivity index (χ2n) is 13.0. The third kappa shape index (κ3) is 5.21. The van der Waals surface area contributed by atoms with Crippen molar-refractivity contribution in [2.45, 2.75) is 0 Å². The van der Waals surface area contributed by atoms with Crippen LogP contribution in [-0.2, 0) is 0 Å². The Bertz CT molecular complexity index is 3990. The van der Waals surface area contributed by atoms with E-state index < -0.39 is 118 Å². The molecule has 56 heavy (non-hydrogen) atoms. The van der Waals surface area contributed by atoms with Gasteiger partial charge >= 0.3 is 0 Å². The van der Waals surface area contributed by atoms with E-state index in [0.29, 0.717) is 11.0 Å². The molecular weight excluding hydrogens is 683 g/mol. The molecule has 0 aliphatic carbocycles. The highest BCUT2D eigenvalue weighted by molar-refractivity contribution is 6.26. The average molecular weight is 730 g/mol. The molecule has 262 valence electrons. The van der Waals surface area contributed by atoms with Gasteiger partial charge in [-0.25, -0.2) is 4.98 Å². The Morgan fingerprint density at radius 1 is 0.375 bits per heavy atom. The fraction of sp³-hybridized carbons (Fsp3) is 0. The summed E-state index contributed by atoms with van der Waals surface area (Å²) in [5.41, 5.74) is 3.85. The number of fused-ring (bicyclic) bond motifs is 7. The van der Waals surface area contributed by atoms with Gasteiger partial charge in [-0.05, 0) is 52.6 Å². The Kier molecular flexibility index (Phi) is 4.83. The zero-order valence-electron chi connectivity index (χ0n) is 43.2. The van der Waals surface area contributed by atoms with Gasteiger partial charge < -0.3 is 4.57 Å². The van der Waals surface area contributed by atoms with Crippen LogP contribution in [0.3, 0.4) is 0 Å². The minimum absolute atomic E-state index is 0.153. The van der Waals surface area contributed by atoms with Crippen LogP contribution in [0.5, 0.6) is 0 Å². The summed E-state index contributed by atoms with van der Waals surface area (Å²) in [4.78, 5) is 14.3. The third-order valence-electron chi connectivity index (χ3n) is 9.83. The van der Waals surface area contributed by atoms with E-state index in [1.165, 1.54) is 0 Å². The molecule has 5 nitrogen and oxygen atoms in total. The summed E-state index contributed by atoms with van der Waals surface area (Å²) < 4.78 is 126. The number of benzene rings is 8. The lowest BCUT2D eigenvalue weighted by molar-refractivity contribution is 0.955. The minimum Gasteiger partial charge on any atom is -0.309 e. The van der Waals surface area contributed by atoms with Gasteiger partial charge in [-0.1, -0.05) is 170 Å². The van der Waals surface area contributed by atoms with Crippen LogP contribution in [0, 0.1) is 0 Å². The van der Waals surface area contributed by atoms with Crippen molar-refractivity contribution in [3.05, 3.63) is 200 Å². The Morgan fingerprint density at radius 2 is 0.946 bits per heavy atom. The molecule has 0 radical (unpaired) electrons. The zero-order chi connectivity index (χ0) is 49.2. The SMILES string of the molecule is [2H]c1c([2H])c([2H])c(-c2nc(-c3c([2H])c([2H])c(-c4c([2H])c([2H])c([2H])c([2H])c4[2H])c([2H])c3[2H])nc(-n3c4ccccc4c4ccc5c(c6ccccc6n5-c5cccc(-c6ccccc6)c5)c43)n2)c([2H])c1[2H]. The highest BCUT2D eigenvalue weighted by Gasteiger charge is 2.23. The standard InChI is InChI=1S/C51H33N5/c1-4-15-34(16-5-1)36-27-29-38(30-28-36)50-52-49(37-19-8-3-9-20-37)53-51(54-50)56-44-25-12-10-23-41(44)42-31-32-46-47(48(42)56)43-24-11-13-26-45(43)55(46)40-22-14-21-39(33-40)35-17-6-2-7-18-35/h1-33H/i1D,3D,4D,5D,8D,9D,15D,16D,19D,20D,27D,28D,29D,30D. The molecule has 0 saturated carbocycles. The molecule has 3 aromatic heterocycles. The smallest absolute Gasteiger partial charge is 0.238 e. The molecule has 3 heterocycles. The number of aromatic nitrogens is 5. The van der Waals surface area contributed by atoms with Gasteiger partial charge in [-0.2, -0.15) is 9.97 Å². The molecule has 0 atom stereocenters. The maximum Gasteiger partial charge on any atom is 0.238 e. The molecular formula is C51H33N5. The first-order valence-electron chi connectivity index (χ1n) is 24.7. The van der Waals surface area contributed by atoms with Crippen molar-refractivity contribution in [3.8, 4) is 56.7 Å². The van der Waals surface area contributed by atoms with Gasteiger partial charge in [0.05, 0.1) is 41.3 Å². The molecule has 0 N–H and O–H groups in total. The van der Waals surface area contributed by atoms with E-state index in [1.54, 1.807) is 4.57 Å². The van der Waals surface area contributed by atoms with Crippen molar-refractivity contribution in [3.63, 3.8) is 0 Å². The van der Waals surface area contributed by atoms with E-state index in [4.69, 9.17) is 23.7 Å². The van der Waals surface area contributed by atoms with Crippen LogP contribution in [0.1, 0.15) is 19.2 Å². The molecule has 0 saturated heterocycles. The Labute approximate surface area is 343 Å². The molecule has 0 unspecified atom stereocenters. The van der Waals surface area contributed by atoms with Crippen molar-refractivity contribution < 1.29 is 19.2 Å². The highest BCUT2D eigenvalue weighted by atomic mass is 15.2. The number of hydrogen-bond donors (Lipinski definition) is 0. The predicted molar refractivity (Wildman–Crippen MR) is 230 cm³/mol. The van der Waals surface area contributed by atoms with E-state index in [9.17, 15) is 5.48 Å². The number of nitrogens with zero attached hydrogens (tertiary/aromatic N) is 5. The van der Waals surface area contributed by atoms with Crippen LogP contribution >= 0.6 is 0 Å². The molecule has 11 aromatic rings. The van der Waals surface area contributed by atoms with Crippen LogP contribution in [0.4, 0.5) is 0 Å². The van der Waals surface area contributed by atoms with Crippen molar-refractivity contribution in [2.75, 3.05) is 0 Å². The number of rotatable bonds is 6. The Hall–Kier alpha value is -7.63. The lowest BCUT2D eigenvalue weighted by atomic mass is 10.0. The molecule has 0 bridgehead atoms. The topological polar surface area (TPSA) is 48.5 Å². The van der Waals surface area contributed by atoms with Gasteiger partial charge in [0, 0.05) is 38.4 Å². The second kappa shape index (κ2) is 13.0. The van der Waals surface area contributed by atoms with E-state index >= 15 is 0 Å².